The van der Waals surface area contributed by atoms with E-state index in [0.717, 1.165) is 11.3 Å². The maximum atomic E-state index is 12.2. The third kappa shape index (κ3) is 3.49. The number of aliphatic hydroxyl groups excluding tert-OH is 1. The minimum atomic E-state index is -3.58. The molecule has 0 aliphatic rings. The summed E-state index contributed by atoms with van der Waals surface area (Å²) in [6.07, 6.45) is 1.03. The summed E-state index contributed by atoms with van der Waals surface area (Å²) in [5, 5.41) is 13.5. The molecule has 1 atom stereocenters. The highest BCUT2D eigenvalue weighted by Gasteiger charge is 2.15. The lowest BCUT2D eigenvalue weighted by Crippen LogP contribution is -2.23. The van der Waals surface area contributed by atoms with Crippen LogP contribution in [0.25, 0.3) is 0 Å². The number of aliphatic hydroxyl groups is 1. The average Bonchev–Trinajstić information content (AvgIpc) is 2.77. The smallest absolute Gasteiger partial charge is 0.240 e. The lowest BCUT2D eigenvalue weighted by atomic mass is 10.1. The molecule has 1 unspecified atom stereocenters. The predicted octanol–water partition coefficient (Wildman–Crippen LogP) is 1.26. The number of benzene rings is 1. The Kier molecular flexibility index (Phi) is 4.46. The molecule has 7 heteroatoms. The molecular formula is C14H19N3O3S. The number of hydrogen-bond donors (Lipinski definition) is 2. The summed E-state index contributed by atoms with van der Waals surface area (Å²) in [6, 6.07) is 6.18. The van der Waals surface area contributed by atoms with Gasteiger partial charge in [-0.1, -0.05) is 12.1 Å². The summed E-state index contributed by atoms with van der Waals surface area (Å²) in [7, 11) is -1.77. The van der Waals surface area contributed by atoms with Crippen LogP contribution in [0.2, 0.25) is 0 Å². The van der Waals surface area contributed by atoms with Crippen molar-refractivity contribution in [3.05, 3.63) is 47.3 Å². The number of aromatic nitrogens is 2. The summed E-state index contributed by atoms with van der Waals surface area (Å²) >= 11 is 0. The van der Waals surface area contributed by atoms with E-state index in [0.29, 0.717) is 5.56 Å². The topological polar surface area (TPSA) is 84.2 Å². The first-order valence-corrected chi connectivity index (χ1v) is 8.05. The molecule has 2 rings (SSSR count). The highest BCUT2D eigenvalue weighted by molar-refractivity contribution is 7.89. The molecule has 0 radical (unpaired) electrons. The zero-order valence-electron chi connectivity index (χ0n) is 12.2. The van der Waals surface area contributed by atoms with E-state index in [1.807, 2.05) is 14.0 Å². The molecule has 1 aromatic heterocycles. The fourth-order valence-electron chi connectivity index (χ4n) is 1.90. The maximum absolute atomic E-state index is 12.2. The van der Waals surface area contributed by atoms with Crippen molar-refractivity contribution in [2.75, 3.05) is 0 Å². The van der Waals surface area contributed by atoms with Gasteiger partial charge in [-0.25, -0.2) is 13.1 Å². The molecule has 21 heavy (non-hydrogen) atoms. The first-order chi connectivity index (χ1) is 9.81. The Balaban J connectivity index is 2.13. The first kappa shape index (κ1) is 15.7. The van der Waals surface area contributed by atoms with Crippen LogP contribution in [0.15, 0.2) is 35.4 Å². The molecule has 0 amide bonds. The Morgan fingerprint density at radius 1 is 1.33 bits per heavy atom. The summed E-state index contributed by atoms with van der Waals surface area (Å²) in [5.41, 5.74) is 2.43. The van der Waals surface area contributed by atoms with E-state index >= 15 is 0 Å². The summed E-state index contributed by atoms with van der Waals surface area (Å²) < 4.78 is 28.7. The van der Waals surface area contributed by atoms with Crippen molar-refractivity contribution in [2.24, 2.45) is 7.05 Å². The first-order valence-electron chi connectivity index (χ1n) is 6.56. The van der Waals surface area contributed by atoms with E-state index in [-0.39, 0.29) is 11.4 Å². The Morgan fingerprint density at radius 2 is 1.95 bits per heavy atom. The van der Waals surface area contributed by atoms with Gasteiger partial charge >= 0.3 is 0 Å². The zero-order chi connectivity index (χ0) is 15.6. The third-order valence-corrected chi connectivity index (χ3v) is 4.88. The van der Waals surface area contributed by atoms with E-state index < -0.39 is 16.1 Å². The Morgan fingerprint density at radius 3 is 2.43 bits per heavy atom. The van der Waals surface area contributed by atoms with E-state index in [1.165, 1.54) is 12.1 Å². The van der Waals surface area contributed by atoms with Crippen LogP contribution < -0.4 is 4.72 Å². The molecule has 6 nitrogen and oxygen atoms in total. The second-order valence-corrected chi connectivity index (χ2v) is 6.72. The van der Waals surface area contributed by atoms with Gasteiger partial charge in [-0.05, 0) is 31.5 Å². The maximum Gasteiger partial charge on any atom is 0.240 e. The number of nitrogens with zero attached hydrogens (tertiary/aromatic N) is 2. The van der Waals surface area contributed by atoms with Gasteiger partial charge in [0.25, 0.3) is 0 Å². The molecule has 2 N–H and O–H groups in total. The number of rotatable bonds is 5. The molecular weight excluding hydrogens is 290 g/mol. The molecule has 0 spiro atoms. The van der Waals surface area contributed by atoms with E-state index in [9.17, 15) is 13.5 Å². The van der Waals surface area contributed by atoms with Crippen LogP contribution in [0, 0.1) is 6.92 Å². The van der Waals surface area contributed by atoms with E-state index in [1.54, 1.807) is 29.9 Å². The average molecular weight is 309 g/mol. The van der Waals surface area contributed by atoms with Crippen LogP contribution >= 0.6 is 0 Å². The normalized spacial score (nSPS) is 13.3. The minimum absolute atomic E-state index is 0.174. The van der Waals surface area contributed by atoms with Gasteiger partial charge < -0.3 is 5.11 Å². The molecule has 0 fully saturated rings. The molecule has 0 saturated heterocycles. The highest BCUT2D eigenvalue weighted by Crippen LogP contribution is 2.16. The number of aryl methyl sites for hydroxylation is 1. The number of nitrogens with one attached hydrogen (secondary N) is 1. The van der Waals surface area contributed by atoms with Gasteiger partial charge in [-0.15, -0.1) is 0 Å². The molecule has 0 aliphatic heterocycles. The second kappa shape index (κ2) is 5.97. The van der Waals surface area contributed by atoms with Crippen LogP contribution in [0.4, 0.5) is 0 Å². The Bertz CT molecular complexity index is 718. The molecule has 1 aromatic carbocycles. The van der Waals surface area contributed by atoms with Gasteiger partial charge in [0.1, 0.15) is 0 Å². The Hall–Kier alpha value is -1.70. The van der Waals surface area contributed by atoms with E-state index in [2.05, 4.69) is 9.82 Å². The van der Waals surface area contributed by atoms with Gasteiger partial charge in [0.05, 0.1) is 17.2 Å². The molecule has 1 heterocycles. The van der Waals surface area contributed by atoms with Crippen LogP contribution in [0.5, 0.6) is 0 Å². The molecule has 2 aromatic rings. The largest absolute Gasteiger partial charge is 0.389 e. The quantitative estimate of drug-likeness (QED) is 0.871. The highest BCUT2D eigenvalue weighted by atomic mass is 32.2. The standard InChI is InChI=1S/C14H19N3O3S/c1-10-13(8-15-17(10)3)9-16-21(19,20)14-6-4-12(5-7-14)11(2)18/h4-8,11,16,18H,9H2,1-3H3. The zero-order valence-corrected chi connectivity index (χ0v) is 13.1. The monoisotopic (exact) mass is 309 g/mol. The lowest BCUT2D eigenvalue weighted by Gasteiger charge is -2.09. The fraction of sp³-hybridized carbons (Fsp3) is 0.357. The summed E-state index contributed by atoms with van der Waals surface area (Å²) in [4.78, 5) is 0.174. The molecule has 0 bridgehead atoms. The van der Waals surface area contributed by atoms with Gasteiger partial charge in [0.2, 0.25) is 10.0 Å². The van der Waals surface area contributed by atoms with Gasteiger partial charge in [-0.2, -0.15) is 5.10 Å². The van der Waals surface area contributed by atoms with Crippen LogP contribution in [-0.2, 0) is 23.6 Å². The van der Waals surface area contributed by atoms with Crippen LogP contribution in [0.3, 0.4) is 0 Å². The lowest BCUT2D eigenvalue weighted by molar-refractivity contribution is 0.199. The van der Waals surface area contributed by atoms with Crippen molar-refractivity contribution in [1.82, 2.24) is 14.5 Å². The SMILES string of the molecule is Cc1c(CNS(=O)(=O)c2ccc(C(C)O)cc2)cnn1C. The van der Waals surface area contributed by atoms with Gasteiger partial charge in [0, 0.05) is 24.8 Å². The van der Waals surface area contributed by atoms with Crippen LogP contribution in [0.1, 0.15) is 29.8 Å². The van der Waals surface area contributed by atoms with E-state index in [4.69, 9.17) is 0 Å². The third-order valence-electron chi connectivity index (χ3n) is 3.46. The van der Waals surface area contributed by atoms with Crippen molar-refractivity contribution in [3.63, 3.8) is 0 Å². The molecule has 0 saturated carbocycles. The Labute approximate surface area is 124 Å². The van der Waals surface area contributed by atoms with Gasteiger partial charge in [-0.3, -0.25) is 4.68 Å². The number of sulfonamides is 1. The van der Waals surface area contributed by atoms with Crippen LogP contribution in [-0.4, -0.2) is 23.3 Å². The molecule has 114 valence electrons. The minimum Gasteiger partial charge on any atom is -0.389 e. The van der Waals surface area contributed by atoms with Gasteiger partial charge in [0.15, 0.2) is 0 Å². The molecule has 0 aliphatic carbocycles. The number of hydrogen-bond acceptors (Lipinski definition) is 4. The van der Waals surface area contributed by atoms with Crippen molar-refractivity contribution in [2.45, 2.75) is 31.4 Å². The van der Waals surface area contributed by atoms with Crippen molar-refractivity contribution in [3.8, 4) is 0 Å². The predicted molar refractivity (Wildman–Crippen MR) is 79.0 cm³/mol. The second-order valence-electron chi connectivity index (χ2n) is 4.95. The summed E-state index contributed by atoms with van der Waals surface area (Å²) in [5.74, 6) is 0. The fourth-order valence-corrected chi connectivity index (χ4v) is 2.91. The van der Waals surface area contributed by atoms with Crippen molar-refractivity contribution >= 4 is 10.0 Å². The summed E-state index contributed by atoms with van der Waals surface area (Å²) in [6.45, 7) is 3.71. The van der Waals surface area contributed by atoms with Crippen molar-refractivity contribution in [1.29, 1.82) is 0 Å². The van der Waals surface area contributed by atoms with Crippen molar-refractivity contribution < 1.29 is 13.5 Å².